The van der Waals surface area contributed by atoms with Crippen molar-refractivity contribution in [1.82, 2.24) is 10.3 Å². The number of rotatable bonds is 4. The monoisotopic (exact) mass is 390 g/mol. The maximum atomic E-state index is 13.2. The first-order valence-corrected chi connectivity index (χ1v) is 7.59. The number of aliphatic hydroxyl groups is 1. The molecule has 0 bridgehead atoms. The van der Waals surface area contributed by atoms with Crippen molar-refractivity contribution >= 4 is 10.9 Å². The van der Waals surface area contributed by atoms with Crippen LogP contribution in [0, 0.1) is 0 Å². The maximum Gasteiger partial charge on any atom is 0.433 e. The van der Waals surface area contributed by atoms with Crippen molar-refractivity contribution < 1.29 is 35.9 Å². The van der Waals surface area contributed by atoms with Gasteiger partial charge in [0, 0.05) is 10.9 Å². The van der Waals surface area contributed by atoms with Crippen LogP contribution in [0.25, 0.3) is 10.9 Å². The second-order valence-corrected chi connectivity index (χ2v) is 5.66. The van der Waals surface area contributed by atoms with Gasteiger partial charge in [-0.05, 0) is 24.3 Å². The van der Waals surface area contributed by atoms with Crippen molar-refractivity contribution in [3.8, 4) is 0 Å². The highest BCUT2D eigenvalue weighted by Crippen LogP contribution is 2.38. The number of hydrogen-bond donors (Lipinski definition) is 2. The van der Waals surface area contributed by atoms with Crippen LogP contribution in [0.2, 0.25) is 0 Å². The molecule has 0 radical (unpaired) electrons. The Balaban J connectivity index is 2.12. The summed E-state index contributed by atoms with van der Waals surface area (Å²) >= 11 is 0. The molecule has 2 heterocycles. The number of alkyl halides is 6. The van der Waals surface area contributed by atoms with Gasteiger partial charge in [-0.1, -0.05) is 12.1 Å². The molecular formula is C17H12F6N2O2. The minimum atomic E-state index is -4.98. The van der Waals surface area contributed by atoms with Crippen molar-refractivity contribution in [3.63, 3.8) is 0 Å². The highest BCUT2D eigenvalue weighted by atomic mass is 19.4. The van der Waals surface area contributed by atoms with E-state index < -0.39 is 35.4 Å². The van der Waals surface area contributed by atoms with E-state index in [2.05, 4.69) is 10.3 Å². The van der Waals surface area contributed by atoms with E-state index in [0.717, 1.165) is 6.07 Å². The predicted octanol–water partition coefficient (Wildman–Crippen LogP) is 4.65. The van der Waals surface area contributed by atoms with Crippen molar-refractivity contribution in [2.45, 2.75) is 25.1 Å². The number of nitrogens with one attached hydrogen (secondary N) is 1. The lowest BCUT2D eigenvalue weighted by Gasteiger charge is -2.19. The smallest absolute Gasteiger partial charge is 0.433 e. The van der Waals surface area contributed by atoms with E-state index in [1.807, 2.05) is 0 Å². The lowest BCUT2D eigenvalue weighted by molar-refractivity contribution is -0.142. The van der Waals surface area contributed by atoms with E-state index in [4.69, 9.17) is 4.42 Å². The molecule has 3 rings (SSSR count). The van der Waals surface area contributed by atoms with Gasteiger partial charge in [0.25, 0.3) is 0 Å². The first-order valence-electron chi connectivity index (χ1n) is 7.59. The molecule has 1 unspecified atom stereocenters. The van der Waals surface area contributed by atoms with E-state index in [0.29, 0.717) is 17.9 Å². The first-order chi connectivity index (χ1) is 12.6. The Morgan fingerprint density at radius 3 is 2.37 bits per heavy atom. The fourth-order valence-electron chi connectivity index (χ4n) is 2.60. The molecule has 27 heavy (non-hydrogen) atoms. The molecule has 3 aromatic rings. The van der Waals surface area contributed by atoms with Gasteiger partial charge in [-0.3, -0.25) is 5.32 Å². The molecule has 10 heteroatoms. The second-order valence-electron chi connectivity index (χ2n) is 5.66. The summed E-state index contributed by atoms with van der Waals surface area (Å²) in [5, 5.41) is 12.5. The van der Waals surface area contributed by atoms with Crippen LogP contribution in [0.5, 0.6) is 0 Å². The Bertz CT molecular complexity index is 935. The topological polar surface area (TPSA) is 58.3 Å². The van der Waals surface area contributed by atoms with Gasteiger partial charge in [-0.25, -0.2) is 4.98 Å². The quantitative estimate of drug-likeness (QED) is 0.503. The largest absolute Gasteiger partial charge is 0.468 e. The average molecular weight is 390 g/mol. The summed E-state index contributed by atoms with van der Waals surface area (Å²) in [6, 6.07) is 6.52. The fourth-order valence-corrected chi connectivity index (χ4v) is 2.60. The van der Waals surface area contributed by atoms with E-state index in [1.165, 1.54) is 12.3 Å². The number of halogens is 6. The standard InChI is InChI=1S/C17H12F6N2O2/c18-16(19,20)12-5-1-4-10-11(7-13(17(21,22)23)25-14(10)12)15(26)24-8-9-3-2-6-27-9/h1-7,15,24,26H,8H2. The number of nitrogens with zero attached hydrogens (tertiary/aromatic N) is 1. The Morgan fingerprint density at radius 1 is 1.04 bits per heavy atom. The summed E-state index contributed by atoms with van der Waals surface area (Å²) in [5.41, 5.74) is -4.09. The van der Waals surface area contributed by atoms with Gasteiger partial charge in [-0.15, -0.1) is 0 Å². The molecule has 144 valence electrons. The van der Waals surface area contributed by atoms with Gasteiger partial charge in [0.2, 0.25) is 0 Å². The molecule has 0 aliphatic heterocycles. The van der Waals surface area contributed by atoms with Crippen LogP contribution in [0.3, 0.4) is 0 Å². The number of benzene rings is 1. The third-order valence-electron chi connectivity index (χ3n) is 3.81. The average Bonchev–Trinajstić information content (AvgIpc) is 3.10. The Morgan fingerprint density at radius 2 is 1.78 bits per heavy atom. The van der Waals surface area contributed by atoms with Crippen molar-refractivity contribution in [1.29, 1.82) is 0 Å². The third kappa shape index (κ3) is 4.06. The van der Waals surface area contributed by atoms with Crippen molar-refractivity contribution in [3.05, 3.63) is 65.2 Å². The Labute approximate surface area is 148 Å². The summed E-state index contributed by atoms with van der Waals surface area (Å²) in [6.45, 7) is -0.0434. The van der Waals surface area contributed by atoms with Gasteiger partial charge in [0.05, 0.1) is 23.9 Å². The minimum absolute atomic E-state index is 0.0434. The van der Waals surface area contributed by atoms with Gasteiger partial charge in [-0.2, -0.15) is 26.3 Å². The second kappa shape index (κ2) is 6.86. The summed E-state index contributed by atoms with van der Waals surface area (Å²) < 4.78 is 84.0. The molecular weight excluding hydrogens is 378 g/mol. The van der Waals surface area contributed by atoms with Crippen LogP contribution >= 0.6 is 0 Å². The molecule has 1 atom stereocenters. The van der Waals surface area contributed by atoms with Crippen LogP contribution in [-0.2, 0) is 18.9 Å². The van der Waals surface area contributed by atoms with Crippen molar-refractivity contribution in [2.24, 2.45) is 0 Å². The number of aromatic nitrogens is 1. The zero-order valence-electron chi connectivity index (χ0n) is 13.4. The molecule has 0 spiro atoms. The van der Waals surface area contributed by atoms with Gasteiger partial charge >= 0.3 is 12.4 Å². The number of para-hydroxylation sites is 1. The molecule has 0 saturated heterocycles. The summed E-state index contributed by atoms with van der Waals surface area (Å²) in [6.07, 6.45) is -10.2. The number of aliphatic hydroxyl groups excluding tert-OH is 1. The number of hydrogen-bond acceptors (Lipinski definition) is 4. The summed E-state index contributed by atoms with van der Waals surface area (Å²) in [5.74, 6) is 0.388. The van der Waals surface area contributed by atoms with Crippen LogP contribution < -0.4 is 5.32 Å². The lowest BCUT2D eigenvalue weighted by Crippen LogP contribution is -2.22. The third-order valence-corrected chi connectivity index (χ3v) is 3.81. The molecule has 1 aromatic carbocycles. The number of fused-ring (bicyclic) bond motifs is 1. The summed E-state index contributed by atoms with van der Waals surface area (Å²) in [4.78, 5) is 3.16. The van der Waals surface area contributed by atoms with Crippen LogP contribution in [0.4, 0.5) is 26.3 Å². The van der Waals surface area contributed by atoms with Crippen LogP contribution in [0.15, 0.2) is 47.1 Å². The molecule has 4 nitrogen and oxygen atoms in total. The maximum absolute atomic E-state index is 13.2. The van der Waals surface area contributed by atoms with Crippen LogP contribution in [0.1, 0.15) is 28.8 Å². The molecule has 0 amide bonds. The number of furan rings is 1. The van der Waals surface area contributed by atoms with Gasteiger partial charge in [0.1, 0.15) is 17.7 Å². The molecule has 0 saturated carbocycles. The van der Waals surface area contributed by atoms with E-state index in [1.54, 1.807) is 12.1 Å². The Kier molecular flexibility index (Phi) is 4.87. The predicted molar refractivity (Wildman–Crippen MR) is 82.3 cm³/mol. The molecule has 0 aliphatic rings. The molecule has 0 fully saturated rings. The van der Waals surface area contributed by atoms with Gasteiger partial charge in [0.15, 0.2) is 0 Å². The minimum Gasteiger partial charge on any atom is -0.468 e. The lowest BCUT2D eigenvalue weighted by atomic mass is 10.0. The molecule has 2 N–H and O–H groups in total. The molecule has 0 aliphatic carbocycles. The zero-order chi connectivity index (χ0) is 19.8. The first kappa shape index (κ1) is 19.2. The van der Waals surface area contributed by atoms with Gasteiger partial charge < -0.3 is 9.52 Å². The fraction of sp³-hybridized carbons (Fsp3) is 0.235. The SMILES string of the molecule is OC(NCc1ccco1)c1cc(C(F)(F)F)nc2c(C(F)(F)F)cccc12. The van der Waals surface area contributed by atoms with E-state index in [9.17, 15) is 31.4 Å². The highest BCUT2D eigenvalue weighted by Gasteiger charge is 2.37. The normalized spacial score (nSPS) is 13.9. The summed E-state index contributed by atoms with van der Waals surface area (Å²) in [7, 11) is 0. The zero-order valence-corrected chi connectivity index (χ0v) is 13.4. The van der Waals surface area contributed by atoms with E-state index >= 15 is 0 Å². The molecule has 2 aromatic heterocycles. The number of pyridine rings is 1. The van der Waals surface area contributed by atoms with Crippen LogP contribution in [-0.4, -0.2) is 10.1 Å². The van der Waals surface area contributed by atoms with E-state index in [-0.39, 0.29) is 17.5 Å². The Hall–Kier alpha value is -2.59. The highest BCUT2D eigenvalue weighted by molar-refractivity contribution is 5.86. The van der Waals surface area contributed by atoms with Crippen molar-refractivity contribution in [2.75, 3.05) is 0 Å².